The number of hydrogen-bond acceptors (Lipinski definition) is 14. The summed E-state index contributed by atoms with van der Waals surface area (Å²) in [7, 11) is -4.17. The van der Waals surface area contributed by atoms with Crippen molar-refractivity contribution >= 4 is 55.3 Å². The molecule has 11 unspecified atom stereocenters. The van der Waals surface area contributed by atoms with E-state index in [1.807, 2.05) is 6.92 Å². The van der Waals surface area contributed by atoms with Gasteiger partial charge in [0.2, 0.25) is 29.5 Å². The molecule has 1 aliphatic rings. The Bertz CT molecular complexity index is 1650. The molecule has 1 heterocycles. The maximum Gasteiger partial charge on any atom is 0.469 e. The predicted molar refractivity (Wildman–Crippen MR) is 210 cm³/mol. The minimum Gasteiger partial charge on any atom is -0.460 e. The molecule has 60 heavy (non-hydrogen) atoms. The van der Waals surface area contributed by atoms with E-state index in [4.69, 9.17) is 20.9 Å². The summed E-state index contributed by atoms with van der Waals surface area (Å²) in [5.74, 6) is -11.3. The first-order chi connectivity index (χ1) is 27.7. The third kappa shape index (κ3) is 17.0. The van der Waals surface area contributed by atoms with Gasteiger partial charge in [-0.1, -0.05) is 66.2 Å². The van der Waals surface area contributed by atoms with Crippen LogP contribution < -0.4 is 32.7 Å². The summed E-state index contributed by atoms with van der Waals surface area (Å²) in [5.41, 5.74) is 10.6. The van der Waals surface area contributed by atoms with E-state index in [-0.39, 0.29) is 12.3 Å². The minimum atomic E-state index is -5.33. The highest BCUT2D eigenvalue weighted by molar-refractivity contribution is 7.46. The molecule has 1 rings (SSSR count). The van der Waals surface area contributed by atoms with Crippen LogP contribution in [0.2, 0.25) is 0 Å². The number of hydrogen-bond donors (Lipinski definition) is 10. The lowest BCUT2D eigenvalue weighted by Crippen LogP contribution is -2.63. The summed E-state index contributed by atoms with van der Waals surface area (Å²) >= 11 is 0. The van der Waals surface area contributed by atoms with E-state index in [1.54, 1.807) is 33.8 Å². The van der Waals surface area contributed by atoms with E-state index < -0.39 is 135 Å². The van der Waals surface area contributed by atoms with Crippen molar-refractivity contribution in [2.24, 2.45) is 35.1 Å². The van der Waals surface area contributed by atoms with Gasteiger partial charge in [-0.15, -0.1) is 0 Å². The second kappa shape index (κ2) is 24.4. The van der Waals surface area contributed by atoms with Crippen molar-refractivity contribution in [2.45, 2.75) is 110 Å². The van der Waals surface area contributed by atoms with E-state index in [0.717, 1.165) is 31.9 Å². The number of carbonyl (C=O) groups excluding carboxylic acids is 8. The van der Waals surface area contributed by atoms with Gasteiger partial charge in [-0.2, -0.15) is 0 Å². The Kier molecular flexibility index (Phi) is 21.6. The van der Waals surface area contributed by atoms with Crippen LogP contribution in [0.1, 0.15) is 61.3 Å². The molecule has 0 spiro atoms. The van der Waals surface area contributed by atoms with Gasteiger partial charge in [-0.05, 0) is 25.2 Å². The smallest absolute Gasteiger partial charge is 0.460 e. The molecule has 12 N–H and O–H groups in total. The molecule has 24 heteroatoms. The SMILES string of the molecule is CCC(C)C1OC(=O)C(C(C)C)N(C)C(=O)C(COP(=O)(O)O)NC(=O)C(C(C)C(N)=O)NC(=O)C(C(C)OC(N)=O)NC(=O)C(O)CNC(=O)C=CC=CCC(O)C1C. The fourth-order valence-corrected chi connectivity index (χ4v) is 6.33. The zero-order valence-corrected chi connectivity index (χ0v) is 35.7. The third-order valence-corrected chi connectivity index (χ3v) is 10.3. The van der Waals surface area contributed by atoms with Gasteiger partial charge in [0.15, 0.2) is 0 Å². The molecule has 11 atom stereocenters. The van der Waals surface area contributed by atoms with Crippen LogP contribution >= 0.6 is 7.82 Å². The van der Waals surface area contributed by atoms with Crippen LogP contribution in [0, 0.1) is 23.7 Å². The largest absolute Gasteiger partial charge is 0.469 e. The van der Waals surface area contributed by atoms with Crippen LogP contribution in [0.4, 0.5) is 4.79 Å². The molecule has 0 bridgehead atoms. The molecule has 0 aromatic heterocycles. The van der Waals surface area contributed by atoms with Crippen LogP contribution in [0.3, 0.4) is 0 Å². The summed E-state index contributed by atoms with van der Waals surface area (Å²) in [4.78, 5) is 125. The highest BCUT2D eigenvalue weighted by Gasteiger charge is 2.42. The molecule has 1 aliphatic heterocycles. The monoisotopic (exact) mass is 877 g/mol. The summed E-state index contributed by atoms with van der Waals surface area (Å²) in [6.07, 6.45) is -1.08. The Morgan fingerprint density at radius 3 is 2.07 bits per heavy atom. The average molecular weight is 878 g/mol. The highest BCUT2D eigenvalue weighted by atomic mass is 31.2. The number of phosphoric acid groups is 1. The molecular weight excluding hydrogens is 817 g/mol. The number of likely N-dealkylation sites (N-methyl/N-ethyl adjacent to an activating group) is 1. The molecule has 0 aromatic carbocycles. The van der Waals surface area contributed by atoms with E-state index in [2.05, 4.69) is 25.8 Å². The number of amides is 7. The number of allylic oxidation sites excluding steroid dienone is 2. The predicted octanol–water partition coefficient (Wildman–Crippen LogP) is -2.41. The molecule has 0 saturated carbocycles. The molecule has 0 aliphatic carbocycles. The number of rotatable bonds is 10. The lowest BCUT2D eigenvalue weighted by Gasteiger charge is -2.36. The molecule has 0 aromatic rings. The maximum absolute atomic E-state index is 14.1. The third-order valence-electron chi connectivity index (χ3n) is 9.77. The van der Waals surface area contributed by atoms with Crippen molar-refractivity contribution in [2.75, 3.05) is 20.2 Å². The Morgan fingerprint density at radius 2 is 1.53 bits per heavy atom. The minimum absolute atomic E-state index is 0.0471. The Morgan fingerprint density at radius 1 is 0.950 bits per heavy atom. The highest BCUT2D eigenvalue weighted by Crippen LogP contribution is 2.36. The second-order valence-corrected chi connectivity index (χ2v) is 16.0. The maximum atomic E-state index is 14.1. The van der Waals surface area contributed by atoms with Gasteiger partial charge < -0.3 is 67.1 Å². The number of nitrogens with zero attached hydrogens (tertiary/aromatic N) is 1. The quantitative estimate of drug-likeness (QED) is 0.0807. The van der Waals surface area contributed by atoms with Gasteiger partial charge in [0.05, 0.1) is 25.2 Å². The van der Waals surface area contributed by atoms with Crippen LogP contribution in [-0.2, 0) is 52.1 Å². The summed E-state index contributed by atoms with van der Waals surface area (Å²) in [6.45, 7) is 8.71. The second-order valence-electron chi connectivity index (χ2n) is 14.8. The Hall–Kier alpha value is -4.93. The van der Waals surface area contributed by atoms with Crippen molar-refractivity contribution in [3.05, 3.63) is 24.3 Å². The number of cyclic esters (lactones) is 1. The number of nitrogens with two attached hydrogens (primary N) is 2. The number of ether oxygens (including phenoxy) is 2. The molecular formula is C36H60N7O16P. The number of phosphoric ester groups is 1. The molecule has 0 radical (unpaired) electrons. The van der Waals surface area contributed by atoms with Gasteiger partial charge in [-0.3, -0.25) is 33.3 Å². The van der Waals surface area contributed by atoms with Crippen LogP contribution in [0.15, 0.2) is 24.3 Å². The van der Waals surface area contributed by atoms with Crippen LogP contribution in [0.5, 0.6) is 0 Å². The molecule has 7 amide bonds. The van der Waals surface area contributed by atoms with Gasteiger partial charge in [0, 0.05) is 19.0 Å². The van der Waals surface area contributed by atoms with E-state index in [0.29, 0.717) is 6.42 Å². The van der Waals surface area contributed by atoms with Crippen LogP contribution in [0.25, 0.3) is 0 Å². The number of nitrogens with one attached hydrogen (secondary N) is 4. The van der Waals surface area contributed by atoms with Gasteiger partial charge in [0.25, 0.3) is 5.91 Å². The number of β-amino-alcohol motifs (C(OH)–C–C–N with tert-alkyl or cyclic N) is 1. The van der Waals surface area contributed by atoms with Gasteiger partial charge >= 0.3 is 19.9 Å². The Balaban J connectivity index is 3.92. The van der Waals surface area contributed by atoms with E-state index >= 15 is 0 Å². The number of carbonyl (C=O) groups is 8. The van der Waals surface area contributed by atoms with Crippen molar-refractivity contribution in [3.8, 4) is 0 Å². The lowest BCUT2D eigenvalue weighted by molar-refractivity contribution is -0.168. The Labute approximate surface area is 347 Å². The zero-order chi connectivity index (χ0) is 46.2. The fourth-order valence-electron chi connectivity index (χ4n) is 5.99. The standard InChI is InChI=1S/C36H60N7O16P/c1-9-18(4)29-19(5)23(44)13-11-10-12-14-25(46)39-15-24(45)31(48)42-27(21(7)58-36(38)53)33(50)41-26(20(6)30(37)47)32(49)40-22(16-57-60(54,55)56)34(51)43(8)28(17(2)3)35(52)59-29/h10-12,14,17-24,26-29,44-45H,9,13,15-16H2,1-8H3,(H2,37,47)(H2,38,53)(H,39,46)(H,40,49)(H,41,50)(H,42,48)(H2,54,55,56). The average Bonchev–Trinajstić information content (AvgIpc) is 3.15. The zero-order valence-electron chi connectivity index (χ0n) is 34.8. The number of aliphatic hydroxyl groups is 2. The topological polar surface area (TPSA) is 366 Å². The van der Waals surface area contributed by atoms with Crippen molar-refractivity contribution in [1.82, 2.24) is 26.2 Å². The molecule has 0 saturated heterocycles. The van der Waals surface area contributed by atoms with Gasteiger partial charge in [-0.25, -0.2) is 14.2 Å². The number of primary amides is 2. The summed E-state index contributed by atoms with van der Waals surface area (Å²) in [5, 5.41) is 30.3. The van der Waals surface area contributed by atoms with Crippen LogP contribution in [-0.4, -0.2) is 141 Å². The summed E-state index contributed by atoms with van der Waals surface area (Å²) in [6, 6.07) is -7.40. The van der Waals surface area contributed by atoms with Crippen molar-refractivity contribution in [3.63, 3.8) is 0 Å². The van der Waals surface area contributed by atoms with Crippen molar-refractivity contribution in [1.29, 1.82) is 0 Å². The first-order valence-corrected chi connectivity index (χ1v) is 20.6. The van der Waals surface area contributed by atoms with Gasteiger partial charge in [0.1, 0.15) is 42.5 Å². The number of aliphatic hydroxyl groups excluding tert-OH is 2. The van der Waals surface area contributed by atoms with E-state index in [9.17, 15) is 62.9 Å². The molecule has 0 fully saturated rings. The fraction of sp³-hybridized carbons (Fsp3) is 0.667. The molecule has 23 nitrogen and oxygen atoms in total. The summed E-state index contributed by atoms with van der Waals surface area (Å²) < 4.78 is 27.1. The lowest BCUT2D eigenvalue weighted by atomic mass is 9.86. The first-order valence-electron chi connectivity index (χ1n) is 19.0. The molecule has 340 valence electrons. The normalized spacial score (nSPS) is 28.1. The first kappa shape index (κ1) is 53.1. The number of esters is 1. The van der Waals surface area contributed by atoms with E-state index in [1.165, 1.54) is 12.2 Å². The van der Waals surface area contributed by atoms with Crippen molar-refractivity contribution < 1.29 is 76.9 Å².